The maximum Gasteiger partial charge on any atom is 0.303 e. The van der Waals surface area contributed by atoms with Gasteiger partial charge in [-0.15, -0.1) is 11.8 Å². The fraction of sp³-hybridized carbons (Fsp3) is 0.481. The van der Waals surface area contributed by atoms with E-state index in [0.717, 1.165) is 60.7 Å². The number of carboxylic acid groups (broad SMARTS) is 2. The van der Waals surface area contributed by atoms with E-state index in [1.807, 2.05) is 12.1 Å². The molecule has 4 rings (SSSR count). The number of nitrogens with one attached hydrogen (secondary N) is 1. The van der Waals surface area contributed by atoms with Crippen molar-refractivity contribution >= 4 is 35.3 Å². The van der Waals surface area contributed by atoms with E-state index < -0.39 is 11.9 Å². The van der Waals surface area contributed by atoms with Crippen LogP contribution in [0.15, 0.2) is 35.2 Å². The highest BCUT2D eigenvalue weighted by molar-refractivity contribution is 7.98. The van der Waals surface area contributed by atoms with E-state index in [4.69, 9.17) is 21.8 Å². The molecule has 0 spiro atoms. The molecule has 35 heavy (non-hydrogen) atoms. The van der Waals surface area contributed by atoms with Gasteiger partial charge < -0.3 is 15.5 Å². The summed E-state index contributed by atoms with van der Waals surface area (Å²) in [6.07, 6.45) is 7.48. The second-order valence-corrected chi connectivity index (χ2v) is 10.4. The van der Waals surface area contributed by atoms with Crippen LogP contribution in [0.4, 0.5) is 4.39 Å². The zero-order valence-electron chi connectivity index (χ0n) is 19.8. The Hall–Kier alpha value is -2.09. The minimum absolute atomic E-state index is 0.0258. The van der Waals surface area contributed by atoms with E-state index in [-0.39, 0.29) is 18.7 Å². The van der Waals surface area contributed by atoms with E-state index in [9.17, 15) is 14.0 Å². The van der Waals surface area contributed by atoms with Crippen molar-refractivity contribution in [2.45, 2.75) is 74.4 Å². The number of carboxylic acids is 2. The summed E-state index contributed by atoms with van der Waals surface area (Å²) in [5.41, 5.74) is 4.72. The zero-order valence-corrected chi connectivity index (χ0v) is 21.4. The molecule has 8 heteroatoms. The predicted molar refractivity (Wildman–Crippen MR) is 138 cm³/mol. The standard InChI is InChI=1S/C23H27ClFNS.C4H6O4/c24-21-9-7-18-10-12-26-13-11-20(18)23(21)27-15-16-6-8-19(22(25)14-16)17-4-2-1-3-5-17;5-3(6)1-2-4(7)8/h6-9,14,17,26H,1-5,10-13,15H2;1-2H2,(H,5,6)(H,7,8). The van der Waals surface area contributed by atoms with Crippen molar-refractivity contribution in [2.75, 3.05) is 13.1 Å². The molecule has 2 aromatic rings. The average Bonchev–Trinajstić information content (AvgIpc) is 3.09. The third-order valence-corrected chi connectivity index (χ3v) is 8.14. The lowest BCUT2D eigenvalue weighted by molar-refractivity contribution is -0.143. The highest BCUT2D eigenvalue weighted by atomic mass is 35.5. The van der Waals surface area contributed by atoms with Crippen LogP contribution in [0.3, 0.4) is 0 Å². The first kappa shape index (κ1) is 27.5. The quantitative estimate of drug-likeness (QED) is 0.363. The Kier molecular flexibility index (Phi) is 10.9. The van der Waals surface area contributed by atoms with Gasteiger partial charge in [0.2, 0.25) is 0 Å². The maximum absolute atomic E-state index is 14.7. The monoisotopic (exact) mass is 521 g/mol. The lowest BCUT2D eigenvalue weighted by Gasteiger charge is -2.22. The van der Waals surface area contributed by atoms with Gasteiger partial charge in [-0.25, -0.2) is 4.39 Å². The van der Waals surface area contributed by atoms with Gasteiger partial charge >= 0.3 is 11.9 Å². The summed E-state index contributed by atoms with van der Waals surface area (Å²) in [6, 6.07) is 10.1. The molecule has 1 saturated carbocycles. The zero-order chi connectivity index (χ0) is 25.2. The van der Waals surface area contributed by atoms with E-state index in [1.54, 1.807) is 17.8 Å². The van der Waals surface area contributed by atoms with Crippen LogP contribution in [0.5, 0.6) is 0 Å². The first-order chi connectivity index (χ1) is 16.8. The van der Waals surface area contributed by atoms with E-state index in [2.05, 4.69) is 17.4 Å². The number of aliphatic carboxylic acids is 2. The Balaban J connectivity index is 0.000000371. The Morgan fingerprint density at radius 3 is 2.34 bits per heavy atom. The molecule has 0 unspecified atom stereocenters. The summed E-state index contributed by atoms with van der Waals surface area (Å²) in [6.45, 7) is 2.01. The van der Waals surface area contributed by atoms with Gasteiger partial charge in [0.25, 0.3) is 0 Å². The van der Waals surface area contributed by atoms with Gasteiger partial charge in [-0.05, 0) is 79.1 Å². The molecule has 1 aliphatic carbocycles. The second-order valence-electron chi connectivity index (χ2n) is 9.03. The van der Waals surface area contributed by atoms with Gasteiger partial charge in [0.1, 0.15) is 5.82 Å². The van der Waals surface area contributed by atoms with Crippen LogP contribution in [0.1, 0.15) is 73.1 Å². The minimum atomic E-state index is -1.08. The summed E-state index contributed by atoms with van der Waals surface area (Å²) in [5.74, 6) is -1.01. The number of hydrogen-bond donors (Lipinski definition) is 3. The van der Waals surface area contributed by atoms with Crippen LogP contribution in [0.2, 0.25) is 5.02 Å². The predicted octanol–water partition coefficient (Wildman–Crippen LogP) is 6.44. The van der Waals surface area contributed by atoms with Gasteiger partial charge in [0, 0.05) is 10.6 Å². The lowest BCUT2D eigenvalue weighted by atomic mass is 9.83. The Bertz CT molecular complexity index is 1010. The van der Waals surface area contributed by atoms with Gasteiger partial charge in [0.05, 0.1) is 17.9 Å². The number of carbonyl (C=O) groups is 2. The van der Waals surface area contributed by atoms with Crippen LogP contribution in [-0.2, 0) is 28.2 Å². The third-order valence-electron chi connectivity index (χ3n) is 6.48. The molecule has 1 fully saturated rings. The summed E-state index contributed by atoms with van der Waals surface area (Å²) in [5, 5.41) is 20.1. The highest BCUT2D eigenvalue weighted by Crippen LogP contribution is 2.37. The van der Waals surface area contributed by atoms with Crippen LogP contribution in [0, 0.1) is 5.82 Å². The molecule has 0 atom stereocenters. The van der Waals surface area contributed by atoms with Crippen molar-refractivity contribution in [1.82, 2.24) is 5.32 Å². The van der Waals surface area contributed by atoms with Gasteiger partial charge in [-0.3, -0.25) is 9.59 Å². The molecular weight excluding hydrogens is 489 g/mol. The first-order valence-corrected chi connectivity index (χ1v) is 13.6. The molecule has 190 valence electrons. The maximum atomic E-state index is 14.7. The van der Waals surface area contributed by atoms with Crippen LogP contribution in [-0.4, -0.2) is 35.2 Å². The average molecular weight is 522 g/mol. The summed E-state index contributed by atoms with van der Waals surface area (Å²) in [7, 11) is 0. The summed E-state index contributed by atoms with van der Waals surface area (Å²) in [4.78, 5) is 20.5. The number of rotatable bonds is 7. The van der Waals surface area contributed by atoms with Crippen molar-refractivity contribution in [3.05, 3.63) is 63.4 Å². The normalized spacial score (nSPS) is 15.9. The van der Waals surface area contributed by atoms with Gasteiger partial charge in [-0.1, -0.05) is 49.1 Å². The molecule has 0 aromatic heterocycles. The number of benzene rings is 2. The van der Waals surface area contributed by atoms with E-state index in [0.29, 0.717) is 5.92 Å². The first-order valence-electron chi connectivity index (χ1n) is 12.2. The molecule has 3 N–H and O–H groups in total. The molecule has 0 saturated heterocycles. The molecule has 2 aromatic carbocycles. The molecule has 1 heterocycles. The number of hydrogen-bond acceptors (Lipinski definition) is 4. The minimum Gasteiger partial charge on any atom is -0.481 e. The number of fused-ring (bicyclic) bond motifs is 1. The Labute approximate surface area is 215 Å². The molecule has 0 radical (unpaired) electrons. The molecule has 2 aliphatic rings. The van der Waals surface area contributed by atoms with E-state index in [1.165, 1.54) is 35.3 Å². The largest absolute Gasteiger partial charge is 0.481 e. The van der Waals surface area contributed by atoms with Crippen molar-refractivity contribution in [3.8, 4) is 0 Å². The SMILES string of the molecule is Fc1cc(CSc2c(Cl)ccc3c2CCNCC3)ccc1C1CCCCC1.O=C(O)CCC(=O)O. The van der Waals surface area contributed by atoms with Crippen molar-refractivity contribution < 1.29 is 24.2 Å². The Morgan fingerprint density at radius 2 is 1.69 bits per heavy atom. The fourth-order valence-corrected chi connectivity index (χ4v) is 6.08. The fourth-order valence-electron chi connectivity index (χ4n) is 4.64. The molecular formula is C27H33ClFNO4S. The third kappa shape index (κ3) is 8.51. The van der Waals surface area contributed by atoms with Crippen LogP contribution in [0.25, 0.3) is 0 Å². The van der Waals surface area contributed by atoms with Crippen molar-refractivity contribution in [1.29, 1.82) is 0 Å². The van der Waals surface area contributed by atoms with Crippen molar-refractivity contribution in [3.63, 3.8) is 0 Å². The smallest absolute Gasteiger partial charge is 0.303 e. The number of thioether (sulfide) groups is 1. The van der Waals surface area contributed by atoms with E-state index >= 15 is 0 Å². The second kappa shape index (κ2) is 13.9. The molecule has 0 amide bonds. The summed E-state index contributed by atoms with van der Waals surface area (Å²) >= 11 is 8.27. The molecule has 5 nitrogen and oxygen atoms in total. The van der Waals surface area contributed by atoms with Gasteiger partial charge in [0.15, 0.2) is 0 Å². The Morgan fingerprint density at radius 1 is 1.00 bits per heavy atom. The topological polar surface area (TPSA) is 86.6 Å². The number of halogens is 2. The molecule has 0 bridgehead atoms. The van der Waals surface area contributed by atoms with Crippen LogP contribution >= 0.6 is 23.4 Å². The van der Waals surface area contributed by atoms with Crippen LogP contribution < -0.4 is 5.32 Å². The van der Waals surface area contributed by atoms with Gasteiger partial charge in [-0.2, -0.15) is 0 Å². The lowest BCUT2D eigenvalue weighted by Crippen LogP contribution is -2.16. The highest BCUT2D eigenvalue weighted by Gasteiger charge is 2.19. The van der Waals surface area contributed by atoms with Crippen molar-refractivity contribution in [2.24, 2.45) is 0 Å². The molecule has 1 aliphatic heterocycles. The summed E-state index contributed by atoms with van der Waals surface area (Å²) < 4.78 is 14.7.